The molecule has 6 nitrogen and oxygen atoms in total. The number of hydrogen-bond donors (Lipinski definition) is 4. The highest BCUT2D eigenvalue weighted by Crippen LogP contribution is 2.04. The van der Waals surface area contributed by atoms with E-state index in [1.54, 1.807) is 0 Å². The first-order valence-corrected chi connectivity index (χ1v) is 4.10. The molecule has 0 aromatic heterocycles. The molecule has 5 N–H and O–H groups in total. The van der Waals surface area contributed by atoms with Crippen LogP contribution in [0.5, 0.6) is 0 Å². The molecule has 1 aliphatic heterocycles. The van der Waals surface area contributed by atoms with E-state index < -0.39 is 6.03 Å². The van der Waals surface area contributed by atoms with E-state index in [4.69, 9.17) is 5.84 Å². The van der Waals surface area contributed by atoms with Crippen LogP contribution in [0.4, 0.5) is 4.79 Å². The summed E-state index contributed by atoms with van der Waals surface area (Å²) in [5.74, 6) is 4.87. The molecule has 6 heteroatoms. The molecule has 0 aromatic carbocycles. The minimum atomic E-state index is -0.430. The summed E-state index contributed by atoms with van der Waals surface area (Å²) in [6, 6.07) is -0.430. The van der Waals surface area contributed by atoms with Gasteiger partial charge in [-0.25, -0.2) is 15.6 Å². The zero-order valence-electron chi connectivity index (χ0n) is 6.97. The summed E-state index contributed by atoms with van der Waals surface area (Å²) in [5, 5.41) is 1.96. The number of nitrogens with one attached hydrogen (secondary N) is 3. The van der Waals surface area contributed by atoms with Gasteiger partial charge in [-0.1, -0.05) is 6.42 Å². The molecule has 2 amide bonds. The average molecular weight is 173 g/mol. The lowest BCUT2D eigenvalue weighted by Gasteiger charge is -2.26. The maximum atomic E-state index is 10.6. The molecule has 0 aromatic rings. The molecule has 1 fully saturated rings. The van der Waals surface area contributed by atoms with Crippen LogP contribution in [0.3, 0.4) is 0 Å². The van der Waals surface area contributed by atoms with E-state index >= 15 is 0 Å². The van der Waals surface area contributed by atoms with Crippen LogP contribution in [-0.2, 0) is 0 Å². The zero-order chi connectivity index (χ0) is 8.81. The Balaban J connectivity index is 2.09. The number of carbonyl (C=O) groups excluding carboxylic acids is 1. The van der Waals surface area contributed by atoms with Crippen LogP contribution in [0.2, 0.25) is 0 Å². The summed E-state index contributed by atoms with van der Waals surface area (Å²) in [4.78, 5) is 10.6. The molecule has 1 rings (SSSR count). The van der Waals surface area contributed by atoms with Gasteiger partial charge in [0.25, 0.3) is 0 Å². The third-order valence-electron chi connectivity index (χ3n) is 1.81. The van der Waals surface area contributed by atoms with Gasteiger partial charge in [0.05, 0.1) is 0 Å². The number of hydrogen-bond acceptors (Lipinski definition) is 4. The summed E-state index contributed by atoms with van der Waals surface area (Å²) in [6.45, 7) is 1.93. The fraction of sp³-hybridized carbons (Fsp3) is 0.833. The zero-order valence-corrected chi connectivity index (χ0v) is 6.97. The molecule has 0 unspecified atom stereocenters. The van der Waals surface area contributed by atoms with Crippen molar-refractivity contribution in [1.29, 1.82) is 0 Å². The largest absolute Gasteiger partial charge is 0.344 e. The molecule has 1 heterocycles. The fourth-order valence-electron chi connectivity index (χ4n) is 1.17. The standard InChI is InChI=1S/C6H15N5O/c7-8-6(12)9-10-11-4-2-1-3-5-11/h10H,1-5,7H2,(H2,8,9,12). The number of amides is 2. The van der Waals surface area contributed by atoms with E-state index in [1.165, 1.54) is 19.3 Å². The Hall–Kier alpha value is -0.850. The quantitative estimate of drug-likeness (QED) is 0.247. The Morgan fingerprint density at radius 2 is 1.92 bits per heavy atom. The van der Waals surface area contributed by atoms with E-state index in [9.17, 15) is 4.79 Å². The predicted molar refractivity (Wildman–Crippen MR) is 44.4 cm³/mol. The summed E-state index contributed by atoms with van der Waals surface area (Å²) >= 11 is 0. The summed E-state index contributed by atoms with van der Waals surface area (Å²) in [6.07, 6.45) is 3.60. The number of nitrogens with two attached hydrogens (primary N) is 1. The predicted octanol–water partition coefficient (Wildman–Crippen LogP) is -0.935. The molecule has 70 valence electrons. The second-order valence-corrected chi connectivity index (χ2v) is 2.76. The van der Waals surface area contributed by atoms with Gasteiger partial charge in [0, 0.05) is 13.1 Å². The number of hydrazine groups is 3. The van der Waals surface area contributed by atoms with Crippen molar-refractivity contribution in [2.75, 3.05) is 13.1 Å². The Morgan fingerprint density at radius 1 is 1.25 bits per heavy atom. The SMILES string of the molecule is NNC(=O)NNN1CCCCC1. The number of rotatable bonds is 2. The van der Waals surface area contributed by atoms with E-state index in [2.05, 4.69) is 11.0 Å². The van der Waals surface area contributed by atoms with Gasteiger partial charge in [-0.3, -0.25) is 10.9 Å². The van der Waals surface area contributed by atoms with Gasteiger partial charge in [0.15, 0.2) is 0 Å². The molecule has 0 radical (unpaired) electrons. The van der Waals surface area contributed by atoms with Crippen molar-refractivity contribution in [3.8, 4) is 0 Å². The molecule has 0 atom stereocenters. The maximum absolute atomic E-state index is 10.6. The highest BCUT2D eigenvalue weighted by Gasteiger charge is 2.09. The Labute approximate surface area is 71.4 Å². The molecule has 0 spiro atoms. The van der Waals surface area contributed by atoms with Crippen LogP contribution >= 0.6 is 0 Å². The minimum absolute atomic E-state index is 0.430. The summed E-state index contributed by atoms with van der Waals surface area (Å²) < 4.78 is 0. The highest BCUT2D eigenvalue weighted by atomic mass is 16.2. The smallest absolute Gasteiger partial charge is 0.275 e. The maximum Gasteiger partial charge on any atom is 0.344 e. The number of urea groups is 1. The van der Waals surface area contributed by atoms with Gasteiger partial charge in [-0.2, -0.15) is 5.53 Å². The molecular formula is C6H15N5O. The average Bonchev–Trinajstić information content (AvgIpc) is 2.16. The van der Waals surface area contributed by atoms with Crippen LogP contribution in [-0.4, -0.2) is 24.1 Å². The Kier molecular flexibility index (Phi) is 3.78. The minimum Gasteiger partial charge on any atom is -0.275 e. The fourth-order valence-corrected chi connectivity index (χ4v) is 1.17. The van der Waals surface area contributed by atoms with Crippen LogP contribution in [0.15, 0.2) is 0 Å². The molecule has 0 saturated carbocycles. The first-order chi connectivity index (χ1) is 5.83. The van der Waals surface area contributed by atoms with E-state index in [1.807, 2.05) is 10.4 Å². The number of nitrogens with zero attached hydrogens (tertiary/aromatic N) is 1. The first kappa shape index (κ1) is 9.24. The van der Waals surface area contributed by atoms with Crippen molar-refractivity contribution >= 4 is 6.03 Å². The Bertz CT molecular complexity index is 145. The highest BCUT2D eigenvalue weighted by molar-refractivity contribution is 5.72. The summed E-state index contributed by atoms with van der Waals surface area (Å²) in [5.41, 5.74) is 7.13. The summed E-state index contributed by atoms with van der Waals surface area (Å²) in [7, 11) is 0. The van der Waals surface area contributed by atoms with Crippen LogP contribution in [0.25, 0.3) is 0 Å². The van der Waals surface area contributed by atoms with Crippen molar-refractivity contribution in [2.24, 2.45) is 5.84 Å². The van der Waals surface area contributed by atoms with Crippen LogP contribution in [0.1, 0.15) is 19.3 Å². The van der Waals surface area contributed by atoms with Gasteiger partial charge >= 0.3 is 6.03 Å². The van der Waals surface area contributed by atoms with E-state index in [0.717, 1.165) is 13.1 Å². The van der Waals surface area contributed by atoms with Crippen molar-refractivity contribution in [1.82, 2.24) is 21.4 Å². The Morgan fingerprint density at radius 3 is 2.50 bits per heavy atom. The topological polar surface area (TPSA) is 82.4 Å². The third kappa shape index (κ3) is 3.04. The number of carbonyl (C=O) groups is 1. The lowest BCUT2D eigenvalue weighted by Crippen LogP contribution is -2.55. The van der Waals surface area contributed by atoms with Gasteiger partial charge in [-0.15, -0.1) is 0 Å². The van der Waals surface area contributed by atoms with Crippen molar-refractivity contribution in [3.63, 3.8) is 0 Å². The van der Waals surface area contributed by atoms with E-state index in [0.29, 0.717) is 0 Å². The van der Waals surface area contributed by atoms with E-state index in [-0.39, 0.29) is 0 Å². The molecular weight excluding hydrogens is 158 g/mol. The molecule has 1 saturated heterocycles. The molecule has 12 heavy (non-hydrogen) atoms. The van der Waals surface area contributed by atoms with Gasteiger partial charge < -0.3 is 0 Å². The first-order valence-electron chi connectivity index (χ1n) is 4.10. The van der Waals surface area contributed by atoms with Crippen molar-refractivity contribution in [2.45, 2.75) is 19.3 Å². The molecule has 0 aliphatic carbocycles. The van der Waals surface area contributed by atoms with Gasteiger partial charge in [0.2, 0.25) is 0 Å². The van der Waals surface area contributed by atoms with Crippen LogP contribution < -0.4 is 22.2 Å². The van der Waals surface area contributed by atoms with Gasteiger partial charge in [-0.05, 0) is 12.8 Å². The lowest BCUT2D eigenvalue weighted by molar-refractivity contribution is 0.128. The second kappa shape index (κ2) is 4.91. The number of piperidine rings is 1. The van der Waals surface area contributed by atoms with Crippen molar-refractivity contribution < 1.29 is 4.79 Å². The molecule has 0 bridgehead atoms. The monoisotopic (exact) mass is 173 g/mol. The van der Waals surface area contributed by atoms with Gasteiger partial charge in [0.1, 0.15) is 0 Å². The van der Waals surface area contributed by atoms with Crippen molar-refractivity contribution in [3.05, 3.63) is 0 Å². The lowest BCUT2D eigenvalue weighted by atomic mass is 10.2. The second-order valence-electron chi connectivity index (χ2n) is 2.76. The third-order valence-corrected chi connectivity index (χ3v) is 1.81. The van der Waals surface area contributed by atoms with Crippen LogP contribution in [0, 0.1) is 0 Å². The molecule has 1 aliphatic rings. The normalized spacial score (nSPS) is 18.8.